The number of epoxide rings is 1. The van der Waals surface area contributed by atoms with E-state index >= 15 is 0 Å². The van der Waals surface area contributed by atoms with Crippen LogP contribution in [0.3, 0.4) is 0 Å². The minimum Gasteiger partial charge on any atom is -0.509 e. The van der Waals surface area contributed by atoms with E-state index in [2.05, 4.69) is 0 Å². The molecule has 2 aromatic rings. The Bertz CT molecular complexity index is 659. The predicted octanol–water partition coefficient (Wildman–Crippen LogP) is 3.46. The van der Waals surface area contributed by atoms with Crippen LogP contribution < -0.4 is 9.47 Å². The second kappa shape index (κ2) is 6.06. The topological polar surface area (TPSA) is 51.2 Å². The smallest absolute Gasteiger partial charge is 0.145 e. The second-order valence-corrected chi connectivity index (χ2v) is 4.97. The number of aliphatic hydroxyl groups is 1. The lowest BCUT2D eigenvalue weighted by Gasteiger charge is -2.10. The van der Waals surface area contributed by atoms with Gasteiger partial charge in [0.1, 0.15) is 36.6 Å². The van der Waals surface area contributed by atoms with E-state index in [-0.39, 0.29) is 18.5 Å². The van der Waals surface area contributed by atoms with Gasteiger partial charge in [-0.25, -0.2) is 0 Å². The molecule has 1 N–H and O–H groups in total. The Morgan fingerprint density at radius 3 is 2.95 bits per heavy atom. The molecule has 1 atom stereocenters. The molecule has 0 saturated carbocycles. The molecule has 1 aliphatic heterocycles. The van der Waals surface area contributed by atoms with Gasteiger partial charge in [-0.3, -0.25) is 0 Å². The zero-order valence-corrected chi connectivity index (χ0v) is 11.9. The van der Waals surface area contributed by atoms with E-state index in [1.54, 1.807) is 13.0 Å². The number of aliphatic hydroxyl groups excluding tert-OH is 1. The molecule has 21 heavy (non-hydrogen) atoms. The molecule has 4 heteroatoms. The maximum Gasteiger partial charge on any atom is 0.145 e. The molecule has 3 rings (SSSR count). The van der Waals surface area contributed by atoms with Crippen molar-refractivity contribution in [2.45, 2.75) is 13.0 Å². The highest BCUT2D eigenvalue weighted by molar-refractivity contribution is 5.89. The van der Waals surface area contributed by atoms with Crippen molar-refractivity contribution in [3.05, 3.63) is 48.2 Å². The molecule has 1 saturated heterocycles. The SMILES string of the molecule is C/C=C(\O)COc1ccc2c(OCC3CO3)cccc2c1. The van der Waals surface area contributed by atoms with Gasteiger partial charge < -0.3 is 19.3 Å². The summed E-state index contributed by atoms with van der Waals surface area (Å²) in [6, 6.07) is 11.7. The van der Waals surface area contributed by atoms with Gasteiger partial charge in [-0.2, -0.15) is 0 Å². The van der Waals surface area contributed by atoms with Gasteiger partial charge in [0.15, 0.2) is 0 Å². The van der Waals surface area contributed by atoms with Crippen LogP contribution in [0.4, 0.5) is 0 Å². The molecule has 1 unspecified atom stereocenters. The number of hydrogen-bond donors (Lipinski definition) is 1. The molecule has 0 aromatic heterocycles. The van der Waals surface area contributed by atoms with Crippen LogP contribution in [0.15, 0.2) is 48.2 Å². The van der Waals surface area contributed by atoms with Gasteiger partial charge in [0, 0.05) is 5.39 Å². The highest BCUT2D eigenvalue weighted by Crippen LogP contribution is 2.29. The van der Waals surface area contributed by atoms with Gasteiger partial charge in [-0.15, -0.1) is 0 Å². The Balaban J connectivity index is 1.77. The predicted molar refractivity (Wildman–Crippen MR) is 81.1 cm³/mol. The Morgan fingerprint density at radius 1 is 1.33 bits per heavy atom. The van der Waals surface area contributed by atoms with Crippen molar-refractivity contribution in [2.24, 2.45) is 0 Å². The van der Waals surface area contributed by atoms with Gasteiger partial charge in [0.2, 0.25) is 0 Å². The molecule has 0 aliphatic carbocycles. The molecule has 0 bridgehead atoms. The van der Waals surface area contributed by atoms with E-state index in [1.165, 1.54) is 0 Å². The average molecular weight is 286 g/mol. The number of hydrogen-bond acceptors (Lipinski definition) is 4. The minimum absolute atomic E-state index is 0.178. The first-order valence-corrected chi connectivity index (χ1v) is 7.00. The van der Waals surface area contributed by atoms with Crippen LogP contribution in [0, 0.1) is 0 Å². The van der Waals surface area contributed by atoms with Crippen LogP contribution in [0.25, 0.3) is 10.8 Å². The lowest BCUT2D eigenvalue weighted by molar-refractivity contribution is 0.265. The summed E-state index contributed by atoms with van der Waals surface area (Å²) in [4.78, 5) is 0. The van der Waals surface area contributed by atoms with Crippen molar-refractivity contribution < 1.29 is 19.3 Å². The second-order valence-electron chi connectivity index (χ2n) is 4.97. The monoisotopic (exact) mass is 286 g/mol. The summed E-state index contributed by atoms with van der Waals surface area (Å²) in [5, 5.41) is 11.5. The van der Waals surface area contributed by atoms with E-state index in [0.29, 0.717) is 6.61 Å². The van der Waals surface area contributed by atoms with E-state index in [4.69, 9.17) is 14.2 Å². The Kier molecular flexibility index (Phi) is 3.97. The summed E-state index contributed by atoms with van der Waals surface area (Å²) in [7, 11) is 0. The number of ether oxygens (including phenoxy) is 3. The summed E-state index contributed by atoms with van der Waals surface area (Å²) in [5.41, 5.74) is 0. The Morgan fingerprint density at radius 2 is 2.19 bits per heavy atom. The summed E-state index contributed by atoms with van der Waals surface area (Å²) in [6.07, 6.45) is 1.86. The van der Waals surface area contributed by atoms with E-state index in [9.17, 15) is 5.11 Å². The molecule has 110 valence electrons. The summed E-state index contributed by atoms with van der Waals surface area (Å²) >= 11 is 0. The van der Waals surface area contributed by atoms with Gasteiger partial charge in [0.25, 0.3) is 0 Å². The fourth-order valence-corrected chi connectivity index (χ4v) is 2.04. The first-order chi connectivity index (χ1) is 10.3. The van der Waals surface area contributed by atoms with Gasteiger partial charge >= 0.3 is 0 Å². The fraction of sp³-hybridized carbons (Fsp3) is 0.294. The third-order valence-corrected chi connectivity index (χ3v) is 3.36. The normalized spacial score (nSPS) is 17.8. The third-order valence-electron chi connectivity index (χ3n) is 3.36. The standard InChI is InChI=1S/C17H18O4/c1-2-13(18)9-19-14-6-7-16-12(8-14)4-3-5-17(16)21-11-15-10-20-15/h2-8,15,18H,9-11H2,1H3/b13-2-. The molecule has 1 fully saturated rings. The van der Waals surface area contributed by atoms with Crippen LogP contribution in [-0.2, 0) is 4.74 Å². The first kappa shape index (κ1) is 13.8. The van der Waals surface area contributed by atoms with Crippen molar-refractivity contribution in [2.75, 3.05) is 19.8 Å². The molecule has 1 heterocycles. The highest BCUT2D eigenvalue weighted by atomic mass is 16.6. The number of allylic oxidation sites excluding steroid dienone is 1. The van der Waals surface area contributed by atoms with Crippen molar-refractivity contribution in [3.63, 3.8) is 0 Å². The van der Waals surface area contributed by atoms with Crippen molar-refractivity contribution >= 4 is 10.8 Å². The van der Waals surface area contributed by atoms with Crippen molar-refractivity contribution in [1.82, 2.24) is 0 Å². The van der Waals surface area contributed by atoms with Gasteiger partial charge in [-0.1, -0.05) is 12.1 Å². The molecule has 0 amide bonds. The Hall–Kier alpha value is -2.20. The van der Waals surface area contributed by atoms with Crippen LogP contribution in [0.5, 0.6) is 11.5 Å². The largest absolute Gasteiger partial charge is 0.509 e. The van der Waals surface area contributed by atoms with Crippen LogP contribution in [0.1, 0.15) is 6.92 Å². The zero-order valence-electron chi connectivity index (χ0n) is 11.9. The number of fused-ring (bicyclic) bond motifs is 1. The lowest BCUT2D eigenvalue weighted by atomic mass is 10.1. The van der Waals surface area contributed by atoms with Gasteiger partial charge in [-0.05, 0) is 42.7 Å². The van der Waals surface area contributed by atoms with Gasteiger partial charge in [0.05, 0.1) is 6.61 Å². The summed E-state index contributed by atoms with van der Waals surface area (Å²) < 4.78 is 16.5. The number of rotatable bonds is 6. The average Bonchev–Trinajstić information content (AvgIpc) is 3.34. The molecule has 0 spiro atoms. The zero-order chi connectivity index (χ0) is 14.7. The molecule has 1 aliphatic rings. The molecule has 0 radical (unpaired) electrons. The molecule has 4 nitrogen and oxygen atoms in total. The maximum absolute atomic E-state index is 9.41. The fourth-order valence-electron chi connectivity index (χ4n) is 2.04. The summed E-state index contributed by atoms with van der Waals surface area (Å²) in [5.74, 6) is 1.79. The maximum atomic E-state index is 9.41. The molecular formula is C17H18O4. The van der Waals surface area contributed by atoms with Crippen molar-refractivity contribution in [3.8, 4) is 11.5 Å². The quantitative estimate of drug-likeness (QED) is 0.652. The van der Waals surface area contributed by atoms with Crippen LogP contribution >= 0.6 is 0 Å². The molecular weight excluding hydrogens is 268 g/mol. The van der Waals surface area contributed by atoms with E-state index in [0.717, 1.165) is 28.9 Å². The minimum atomic E-state index is 0.178. The van der Waals surface area contributed by atoms with Crippen molar-refractivity contribution in [1.29, 1.82) is 0 Å². The Labute approximate surface area is 123 Å². The van der Waals surface area contributed by atoms with E-state index < -0.39 is 0 Å². The number of benzene rings is 2. The van der Waals surface area contributed by atoms with E-state index in [1.807, 2.05) is 36.4 Å². The van der Waals surface area contributed by atoms with Crippen LogP contribution in [-0.4, -0.2) is 31.0 Å². The first-order valence-electron chi connectivity index (χ1n) is 7.00. The summed E-state index contributed by atoms with van der Waals surface area (Å²) in [6.45, 7) is 3.33. The molecule has 2 aromatic carbocycles. The van der Waals surface area contributed by atoms with Crippen LogP contribution in [0.2, 0.25) is 0 Å². The third kappa shape index (κ3) is 3.47. The lowest BCUT2D eigenvalue weighted by Crippen LogP contribution is -2.04. The highest BCUT2D eigenvalue weighted by Gasteiger charge is 2.23.